The Labute approximate surface area is 119 Å². The van der Waals surface area contributed by atoms with Gasteiger partial charge in [-0.15, -0.1) is 0 Å². The summed E-state index contributed by atoms with van der Waals surface area (Å²) >= 11 is 5.00. The maximum Gasteiger partial charge on any atom is 0.123 e. The summed E-state index contributed by atoms with van der Waals surface area (Å²) in [4.78, 5) is 5.05. The Morgan fingerprint density at radius 2 is 1.89 bits per heavy atom. The van der Waals surface area contributed by atoms with Crippen molar-refractivity contribution < 1.29 is 4.39 Å². The van der Waals surface area contributed by atoms with Gasteiger partial charge in [0.25, 0.3) is 0 Å². The maximum absolute atomic E-state index is 13.2. The van der Waals surface area contributed by atoms with E-state index in [-0.39, 0.29) is 10.8 Å². The summed E-state index contributed by atoms with van der Waals surface area (Å²) in [5.41, 5.74) is 7.34. The minimum absolute atomic E-state index is 0.265. The van der Waals surface area contributed by atoms with E-state index in [1.807, 2.05) is 0 Å². The molecule has 3 nitrogen and oxygen atoms in total. The Balaban J connectivity index is 2.05. The first-order valence-electron chi connectivity index (χ1n) is 6.63. The maximum atomic E-state index is 13.2. The fourth-order valence-electron chi connectivity index (χ4n) is 2.42. The Bertz CT molecular complexity index is 456. The van der Waals surface area contributed by atoms with Crippen molar-refractivity contribution in [2.24, 2.45) is 5.73 Å². The molecule has 1 saturated heterocycles. The Morgan fingerprint density at radius 3 is 2.47 bits per heavy atom. The molecule has 104 valence electrons. The van der Waals surface area contributed by atoms with Gasteiger partial charge in [-0.25, -0.2) is 4.39 Å². The van der Waals surface area contributed by atoms with Gasteiger partial charge in [-0.1, -0.05) is 25.2 Å². The molecule has 1 aromatic carbocycles. The van der Waals surface area contributed by atoms with Crippen molar-refractivity contribution >= 4 is 17.2 Å². The number of rotatable bonds is 4. The molecule has 19 heavy (non-hydrogen) atoms. The Kier molecular flexibility index (Phi) is 4.85. The molecule has 0 spiro atoms. The molecular weight excluding hydrogens is 261 g/mol. The van der Waals surface area contributed by atoms with Crippen molar-refractivity contribution in [3.8, 4) is 0 Å². The van der Waals surface area contributed by atoms with E-state index in [0.717, 1.165) is 44.8 Å². The molecule has 0 amide bonds. The van der Waals surface area contributed by atoms with E-state index in [9.17, 15) is 4.39 Å². The first kappa shape index (κ1) is 14.4. The predicted octanol–water partition coefficient (Wildman–Crippen LogP) is 1.60. The van der Waals surface area contributed by atoms with Crippen molar-refractivity contribution in [3.63, 3.8) is 0 Å². The van der Waals surface area contributed by atoms with Crippen LogP contribution in [-0.2, 0) is 6.54 Å². The zero-order valence-corrected chi connectivity index (χ0v) is 12.0. The number of hydrogen-bond donors (Lipinski definition) is 1. The summed E-state index contributed by atoms with van der Waals surface area (Å²) < 4.78 is 13.2. The molecule has 0 aliphatic carbocycles. The van der Waals surface area contributed by atoms with Crippen LogP contribution >= 0.6 is 12.2 Å². The molecule has 2 N–H and O–H groups in total. The molecule has 1 heterocycles. The first-order valence-corrected chi connectivity index (χ1v) is 7.04. The number of nitrogens with two attached hydrogens (primary N) is 1. The van der Waals surface area contributed by atoms with Gasteiger partial charge >= 0.3 is 0 Å². The Hall–Kier alpha value is -1.04. The first-order chi connectivity index (χ1) is 9.10. The highest BCUT2D eigenvalue weighted by Gasteiger charge is 2.17. The monoisotopic (exact) mass is 281 g/mol. The van der Waals surface area contributed by atoms with Gasteiger partial charge in [0.15, 0.2) is 0 Å². The van der Waals surface area contributed by atoms with Gasteiger partial charge in [-0.2, -0.15) is 0 Å². The minimum Gasteiger partial charge on any atom is -0.389 e. The fraction of sp³-hybridized carbons (Fsp3) is 0.500. The average Bonchev–Trinajstić information content (AvgIpc) is 2.41. The largest absolute Gasteiger partial charge is 0.389 e. The quantitative estimate of drug-likeness (QED) is 0.850. The number of thiocarbonyl (C=S) groups is 1. The van der Waals surface area contributed by atoms with Crippen LogP contribution in [-0.4, -0.2) is 47.5 Å². The van der Waals surface area contributed by atoms with Gasteiger partial charge in [0.05, 0.1) is 0 Å². The lowest BCUT2D eigenvalue weighted by atomic mass is 10.1. The van der Waals surface area contributed by atoms with E-state index in [2.05, 4.69) is 16.7 Å². The smallest absolute Gasteiger partial charge is 0.123 e. The van der Waals surface area contributed by atoms with Crippen molar-refractivity contribution in [1.29, 1.82) is 0 Å². The van der Waals surface area contributed by atoms with Gasteiger partial charge in [0, 0.05) is 38.3 Å². The van der Waals surface area contributed by atoms with E-state index in [4.69, 9.17) is 18.0 Å². The molecule has 0 atom stereocenters. The summed E-state index contributed by atoms with van der Waals surface area (Å²) in [5, 5.41) is 0. The SMILES string of the molecule is CCN1CCN(Cc2ccc(F)cc2C(N)=S)CC1. The number of halogens is 1. The lowest BCUT2D eigenvalue weighted by Gasteiger charge is -2.34. The third kappa shape index (κ3) is 3.72. The minimum atomic E-state index is -0.289. The number of nitrogens with zero attached hydrogens (tertiary/aromatic N) is 2. The third-order valence-corrected chi connectivity index (χ3v) is 3.86. The van der Waals surface area contributed by atoms with Crippen LogP contribution < -0.4 is 5.73 Å². The highest BCUT2D eigenvalue weighted by Crippen LogP contribution is 2.15. The molecule has 1 aliphatic rings. The summed E-state index contributed by atoms with van der Waals surface area (Å²) in [6.45, 7) is 8.29. The van der Waals surface area contributed by atoms with Crippen molar-refractivity contribution in [1.82, 2.24) is 9.80 Å². The van der Waals surface area contributed by atoms with E-state index in [1.165, 1.54) is 12.1 Å². The van der Waals surface area contributed by atoms with Gasteiger partial charge in [-0.3, -0.25) is 4.90 Å². The molecule has 1 aliphatic heterocycles. The highest BCUT2D eigenvalue weighted by atomic mass is 32.1. The average molecular weight is 281 g/mol. The predicted molar refractivity (Wildman–Crippen MR) is 79.7 cm³/mol. The molecule has 5 heteroatoms. The second kappa shape index (κ2) is 6.41. The van der Waals surface area contributed by atoms with Crippen LogP contribution in [0.3, 0.4) is 0 Å². The van der Waals surface area contributed by atoms with Gasteiger partial charge in [0.1, 0.15) is 10.8 Å². The summed E-state index contributed by atoms with van der Waals surface area (Å²) in [6.07, 6.45) is 0. The fourth-order valence-corrected chi connectivity index (χ4v) is 2.61. The molecule has 1 fully saturated rings. The second-order valence-electron chi connectivity index (χ2n) is 4.88. The number of likely N-dealkylation sites (N-methyl/N-ethyl adjacent to an activating group) is 1. The van der Waals surface area contributed by atoms with E-state index in [1.54, 1.807) is 6.07 Å². The number of hydrogen-bond acceptors (Lipinski definition) is 3. The van der Waals surface area contributed by atoms with E-state index in [0.29, 0.717) is 5.56 Å². The molecule has 2 rings (SSSR count). The topological polar surface area (TPSA) is 32.5 Å². The summed E-state index contributed by atoms with van der Waals surface area (Å²) in [7, 11) is 0. The van der Waals surface area contributed by atoms with E-state index < -0.39 is 0 Å². The normalized spacial score (nSPS) is 17.6. The van der Waals surface area contributed by atoms with Crippen molar-refractivity contribution in [2.45, 2.75) is 13.5 Å². The van der Waals surface area contributed by atoms with E-state index >= 15 is 0 Å². The van der Waals surface area contributed by atoms with Crippen LogP contribution in [0, 0.1) is 5.82 Å². The van der Waals surface area contributed by atoms with Crippen LogP contribution in [0.5, 0.6) is 0 Å². The lowest BCUT2D eigenvalue weighted by molar-refractivity contribution is 0.132. The Morgan fingerprint density at radius 1 is 1.26 bits per heavy atom. The van der Waals surface area contributed by atoms with Crippen LogP contribution in [0.25, 0.3) is 0 Å². The lowest BCUT2D eigenvalue weighted by Crippen LogP contribution is -2.45. The highest BCUT2D eigenvalue weighted by molar-refractivity contribution is 7.80. The molecule has 0 bridgehead atoms. The number of piperazine rings is 1. The third-order valence-electron chi connectivity index (χ3n) is 3.64. The molecular formula is C14H20FN3S. The van der Waals surface area contributed by atoms with Crippen LogP contribution in [0.15, 0.2) is 18.2 Å². The van der Waals surface area contributed by atoms with Gasteiger partial charge in [-0.05, 0) is 24.2 Å². The van der Waals surface area contributed by atoms with Gasteiger partial charge in [0.2, 0.25) is 0 Å². The zero-order valence-electron chi connectivity index (χ0n) is 11.2. The molecule has 0 aromatic heterocycles. The van der Waals surface area contributed by atoms with Crippen molar-refractivity contribution in [3.05, 3.63) is 35.1 Å². The second-order valence-corrected chi connectivity index (χ2v) is 5.32. The van der Waals surface area contributed by atoms with Crippen LogP contribution in [0.4, 0.5) is 4.39 Å². The zero-order chi connectivity index (χ0) is 13.8. The molecule has 1 aromatic rings. The van der Waals surface area contributed by atoms with Crippen LogP contribution in [0.2, 0.25) is 0 Å². The molecule has 0 radical (unpaired) electrons. The molecule has 0 saturated carbocycles. The summed E-state index contributed by atoms with van der Waals surface area (Å²) in [5.74, 6) is -0.289. The summed E-state index contributed by atoms with van der Waals surface area (Å²) in [6, 6.07) is 4.69. The number of benzene rings is 1. The molecule has 0 unspecified atom stereocenters. The van der Waals surface area contributed by atoms with Crippen LogP contribution in [0.1, 0.15) is 18.1 Å². The standard InChI is InChI=1S/C14H20FN3S/c1-2-17-5-7-18(8-6-17)10-11-3-4-12(15)9-13(11)14(16)19/h3-4,9H,2,5-8,10H2,1H3,(H2,16,19). The van der Waals surface area contributed by atoms with Gasteiger partial charge < -0.3 is 10.6 Å². The van der Waals surface area contributed by atoms with Crippen molar-refractivity contribution in [2.75, 3.05) is 32.7 Å².